The first-order valence-corrected chi connectivity index (χ1v) is 9.09. The molecule has 1 aliphatic heterocycles. The molecule has 1 fully saturated rings. The van der Waals surface area contributed by atoms with Gasteiger partial charge in [0.25, 0.3) is 5.91 Å². The highest BCUT2D eigenvalue weighted by atomic mass is 35.5. The lowest BCUT2D eigenvalue weighted by Gasteiger charge is -2.69. The summed E-state index contributed by atoms with van der Waals surface area (Å²) in [5.74, 6) is 0.0263. The molecule has 1 heterocycles. The van der Waals surface area contributed by atoms with Crippen LogP contribution in [0.1, 0.15) is 39.7 Å². The van der Waals surface area contributed by atoms with Gasteiger partial charge in [-0.3, -0.25) is 9.79 Å². The van der Waals surface area contributed by atoms with Gasteiger partial charge in [0, 0.05) is 29.3 Å². The number of benzene rings is 1. The van der Waals surface area contributed by atoms with Gasteiger partial charge >= 0.3 is 0 Å². The van der Waals surface area contributed by atoms with Crippen LogP contribution < -0.4 is 10.5 Å². The van der Waals surface area contributed by atoms with Crippen molar-refractivity contribution in [2.24, 2.45) is 21.6 Å². The molecule has 7 heteroatoms. The molecule has 0 saturated heterocycles. The number of nitrogens with zero attached hydrogens (tertiary/aromatic N) is 3. The molecule has 2 N–H and O–H groups in total. The molecule has 1 saturated carbocycles. The molecule has 0 bridgehead atoms. The fourth-order valence-electron chi connectivity index (χ4n) is 4.87. The van der Waals surface area contributed by atoms with Gasteiger partial charge < -0.3 is 15.4 Å². The monoisotopic (exact) mass is 386 g/mol. The second-order valence-electron chi connectivity index (χ2n) is 8.32. The minimum absolute atomic E-state index is 0.233. The Kier molecular flexibility index (Phi) is 4.47. The van der Waals surface area contributed by atoms with Gasteiger partial charge in [0.2, 0.25) is 0 Å². The summed E-state index contributed by atoms with van der Waals surface area (Å²) in [6.07, 6.45) is 4.14. The predicted molar refractivity (Wildman–Crippen MR) is 104 cm³/mol. The molecule has 1 aromatic rings. The summed E-state index contributed by atoms with van der Waals surface area (Å²) in [5, 5.41) is 9.44. The third-order valence-corrected chi connectivity index (χ3v) is 5.81. The van der Waals surface area contributed by atoms with Crippen molar-refractivity contribution in [3.63, 3.8) is 0 Å². The second kappa shape index (κ2) is 6.28. The fourth-order valence-corrected chi connectivity index (χ4v) is 5.09. The zero-order chi connectivity index (χ0) is 20.0. The number of hydrogen-bond acceptors (Lipinski definition) is 5. The van der Waals surface area contributed by atoms with Crippen molar-refractivity contribution in [2.45, 2.75) is 39.8 Å². The molecule has 2 aliphatic rings. The standard InChI is InChI=1S/C20H23ClN4O2/c1-18(2)11-19(3,4)20(18,25-10-14(17(23)26)9-24-12-25)27-15-6-5-13(8-22)16(21)7-15/h5-7,9-10H,11-12H2,1-4H3,(H2,23,26). The van der Waals surface area contributed by atoms with Gasteiger partial charge in [-0.1, -0.05) is 39.3 Å². The molecule has 0 spiro atoms. The summed E-state index contributed by atoms with van der Waals surface area (Å²) in [6.45, 7) is 8.85. The predicted octanol–water partition coefficient (Wildman–Crippen LogP) is 3.46. The van der Waals surface area contributed by atoms with E-state index in [4.69, 9.17) is 27.3 Å². The molecule has 1 aromatic carbocycles. The molecule has 6 nitrogen and oxygen atoms in total. The van der Waals surface area contributed by atoms with E-state index in [-0.39, 0.29) is 10.8 Å². The molecule has 3 rings (SSSR count). The summed E-state index contributed by atoms with van der Waals surface area (Å²) in [7, 11) is 0. The maximum absolute atomic E-state index is 11.7. The number of aliphatic imine (C=N–C) groups is 1. The fraction of sp³-hybridized carbons (Fsp3) is 0.450. The minimum Gasteiger partial charge on any atom is -0.467 e. The lowest BCUT2D eigenvalue weighted by Crippen LogP contribution is -2.77. The van der Waals surface area contributed by atoms with E-state index in [0.717, 1.165) is 6.42 Å². The lowest BCUT2D eigenvalue weighted by atomic mass is 9.48. The number of ether oxygens (including phenoxy) is 1. The summed E-state index contributed by atoms with van der Waals surface area (Å²) >= 11 is 6.20. The summed E-state index contributed by atoms with van der Waals surface area (Å²) in [4.78, 5) is 17.9. The molecule has 0 aromatic heterocycles. The van der Waals surface area contributed by atoms with Crippen LogP contribution in [0.4, 0.5) is 0 Å². The van der Waals surface area contributed by atoms with Gasteiger partial charge in [-0.05, 0) is 18.6 Å². The number of carbonyl (C=O) groups excluding carboxylic acids is 1. The van der Waals surface area contributed by atoms with Gasteiger partial charge in [0.05, 0.1) is 16.2 Å². The highest BCUT2D eigenvalue weighted by Crippen LogP contribution is 2.65. The molecule has 1 amide bonds. The topological polar surface area (TPSA) is 91.7 Å². The molecular weight excluding hydrogens is 364 g/mol. The molecule has 27 heavy (non-hydrogen) atoms. The molecule has 0 radical (unpaired) electrons. The van der Waals surface area contributed by atoms with Crippen LogP contribution in [0.15, 0.2) is 35.0 Å². The molecular formula is C20H23ClN4O2. The largest absolute Gasteiger partial charge is 0.467 e. The number of nitriles is 1. The van der Waals surface area contributed by atoms with Crippen LogP contribution in [-0.4, -0.2) is 29.4 Å². The van der Waals surface area contributed by atoms with Crippen LogP contribution in [0.3, 0.4) is 0 Å². The van der Waals surface area contributed by atoms with Crippen molar-refractivity contribution < 1.29 is 9.53 Å². The summed E-state index contributed by atoms with van der Waals surface area (Å²) in [5.41, 5.74) is 4.95. The zero-order valence-electron chi connectivity index (χ0n) is 15.9. The third kappa shape index (κ3) is 2.87. The van der Waals surface area contributed by atoms with E-state index in [9.17, 15) is 4.79 Å². The van der Waals surface area contributed by atoms with E-state index in [1.807, 2.05) is 11.0 Å². The van der Waals surface area contributed by atoms with Crippen molar-refractivity contribution >= 4 is 23.7 Å². The Morgan fingerprint density at radius 2 is 2.00 bits per heavy atom. The molecule has 0 unspecified atom stereocenters. The second-order valence-corrected chi connectivity index (χ2v) is 8.72. The number of nitrogens with two attached hydrogens (primary N) is 1. The van der Waals surface area contributed by atoms with Crippen molar-refractivity contribution in [3.8, 4) is 11.8 Å². The third-order valence-electron chi connectivity index (χ3n) is 5.49. The maximum Gasteiger partial charge on any atom is 0.251 e. The highest BCUT2D eigenvalue weighted by molar-refractivity contribution is 6.31. The normalized spacial score (nSPS) is 21.6. The number of primary amides is 1. The Labute approximate surface area is 164 Å². The molecule has 1 aliphatic carbocycles. The quantitative estimate of drug-likeness (QED) is 0.857. The van der Waals surface area contributed by atoms with Crippen LogP contribution >= 0.6 is 11.6 Å². The minimum atomic E-state index is -0.768. The molecule has 142 valence electrons. The zero-order valence-corrected chi connectivity index (χ0v) is 16.7. The Bertz CT molecular complexity index is 882. The van der Waals surface area contributed by atoms with E-state index in [1.54, 1.807) is 24.4 Å². The van der Waals surface area contributed by atoms with Crippen LogP contribution in [0.5, 0.6) is 5.75 Å². The van der Waals surface area contributed by atoms with E-state index < -0.39 is 11.6 Å². The van der Waals surface area contributed by atoms with Crippen molar-refractivity contribution in [1.29, 1.82) is 5.26 Å². The van der Waals surface area contributed by atoms with Gasteiger partial charge in [-0.25, -0.2) is 0 Å². The van der Waals surface area contributed by atoms with Crippen molar-refractivity contribution in [2.75, 3.05) is 6.67 Å². The maximum atomic E-state index is 11.7. The first-order valence-electron chi connectivity index (χ1n) is 8.71. The summed E-state index contributed by atoms with van der Waals surface area (Å²) in [6, 6.07) is 7.08. The van der Waals surface area contributed by atoms with Crippen LogP contribution in [-0.2, 0) is 4.79 Å². The molecule has 0 atom stereocenters. The Morgan fingerprint density at radius 1 is 1.33 bits per heavy atom. The van der Waals surface area contributed by atoms with Crippen molar-refractivity contribution in [3.05, 3.63) is 40.6 Å². The summed E-state index contributed by atoms with van der Waals surface area (Å²) < 4.78 is 6.58. The number of amides is 1. The van der Waals surface area contributed by atoms with Gasteiger partial charge in [-0.15, -0.1) is 0 Å². The number of carbonyl (C=O) groups is 1. The Morgan fingerprint density at radius 3 is 2.52 bits per heavy atom. The lowest BCUT2D eigenvalue weighted by molar-refractivity contribution is -0.297. The highest BCUT2D eigenvalue weighted by Gasteiger charge is 2.70. The van der Waals surface area contributed by atoms with Crippen LogP contribution in [0, 0.1) is 22.2 Å². The Hall–Kier alpha value is -2.52. The van der Waals surface area contributed by atoms with Crippen molar-refractivity contribution in [1.82, 2.24) is 4.90 Å². The number of halogens is 1. The van der Waals surface area contributed by atoms with Gasteiger partial charge in [0.1, 0.15) is 18.5 Å². The number of rotatable bonds is 4. The van der Waals surface area contributed by atoms with Gasteiger partial charge in [0.15, 0.2) is 5.72 Å². The average molecular weight is 387 g/mol. The SMILES string of the molecule is CC1(C)CC(C)(C)C1(Oc1ccc(C#N)c(Cl)c1)N1C=C(C(N)=O)C=NC1. The number of hydrogen-bond donors (Lipinski definition) is 1. The Balaban J connectivity index is 2.08. The first kappa shape index (κ1) is 19.2. The smallest absolute Gasteiger partial charge is 0.251 e. The van der Waals surface area contributed by atoms with E-state index >= 15 is 0 Å². The van der Waals surface area contributed by atoms with E-state index in [0.29, 0.717) is 28.6 Å². The first-order chi connectivity index (χ1) is 12.5. The van der Waals surface area contributed by atoms with E-state index in [1.165, 1.54) is 6.21 Å². The van der Waals surface area contributed by atoms with Crippen LogP contribution in [0.25, 0.3) is 0 Å². The van der Waals surface area contributed by atoms with Gasteiger partial charge in [-0.2, -0.15) is 5.26 Å². The average Bonchev–Trinajstić information content (AvgIpc) is 2.58. The van der Waals surface area contributed by atoms with Crippen LogP contribution in [0.2, 0.25) is 5.02 Å². The van der Waals surface area contributed by atoms with E-state index in [2.05, 4.69) is 32.7 Å².